The maximum absolute atomic E-state index is 13.5. The van der Waals surface area contributed by atoms with Crippen LogP contribution in [0.4, 0.5) is 4.39 Å². The van der Waals surface area contributed by atoms with Crippen molar-refractivity contribution in [2.45, 2.75) is 5.03 Å². The molecule has 0 aliphatic carbocycles. The molecule has 0 amide bonds. The minimum atomic E-state index is -1.20. The van der Waals surface area contributed by atoms with E-state index in [0.29, 0.717) is 15.7 Å². The molecule has 0 saturated carbocycles. The molecule has 1 unspecified atom stereocenters. The lowest BCUT2D eigenvalue weighted by Crippen LogP contribution is -1.97. The van der Waals surface area contributed by atoms with Gasteiger partial charge in [-0.1, -0.05) is 11.6 Å². The highest BCUT2D eigenvalue weighted by Crippen LogP contribution is 2.24. The highest BCUT2D eigenvalue weighted by atomic mass is 35.5. The molecule has 2 aromatic rings. The quantitative estimate of drug-likeness (QED) is 0.843. The number of hydrogen-bond acceptors (Lipinski definition) is 3. The minimum Gasteiger partial charge on any atom is -0.253 e. The summed E-state index contributed by atoms with van der Waals surface area (Å²) in [5.74, 6) is -0.422. The van der Waals surface area contributed by atoms with Crippen molar-refractivity contribution in [3.63, 3.8) is 0 Å². The second kappa shape index (κ2) is 4.89. The molecule has 0 radical (unpaired) electrons. The lowest BCUT2D eigenvalue weighted by Gasteiger charge is -2.03. The van der Waals surface area contributed by atoms with Gasteiger partial charge < -0.3 is 0 Å². The maximum atomic E-state index is 13.5. The van der Waals surface area contributed by atoms with Crippen LogP contribution >= 0.6 is 11.6 Å². The molecule has 0 spiro atoms. The Morgan fingerprint density at radius 1 is 1.24 bits per heavy atom. The van der Waals surface area contributed by atoms with E-state index in [1.165, 1.54) is 24.5 Å². The van der Waals surface area contributed by atoms with E-state index in [1.54, 1.807) is 12.1 Å². The normalized spacial score (nSPS) is 12.4. The summed E-state index contributed by atoms with van der Waals surface area (Å²) in [6.07, 6.45) is 1.50. The lowest BCUT2D eigenvalue weighted by atomic mass is 10.1. The molecule has 0 aliphatic rings. The molecule has 88 valence electrons. The first kappa shape index (κ1) is 12.1. The zero-order valence-electron chi connectivity index (χ0n) is 8.85. The van der Waals surface area contributed by atoms with Crippen molar-refractivity contribution < 1.29 is 8.60 Å². The van der Waals surface area contributed by atoms with E-state index in [4.69, 9.17) is 11.6 Å². The van der Waals surface area contributed by atoms with Gasteiger partial charge >= 0.3 is 0 Å². The molecule has 17 heavy (non-hydrogen) atoms. The molecule has 6 heteroatoms. The Kier molecular flexibility index (Phi) is 3.49. The number of rotatable bonds is 2. The topological polar surface area (TPSA) is 42.9 Å². The molecule has 1 atom stereocenters. The van der Waals surface area contributed by atoms with Crippen LogP contribution in [0.3, 0.4) is 0 Å². The minimum absolute atomic E-state index is 0.276. The van der Waals surface area contributed by atoms with Crippen LogP contribution in [-0.2, 0) is 10.8 Å². The van der Waals surface area contributed by atoms with Gasteiger partial charge in [-0.2, -0.15) is 0 Å². The summed E-state index contributed by atoms with van der Waals surface area (Å²) in [4.78, 5) is 0. The summed E-state index contributed by atoms with van der Waals surface area (Å²) in [6.45, 7) is 0. The van der Waals surface area contributed by atoms with Gasteiger partial charge in [0, 0.05) is 16.8 Å². The van der Waals surface area contributed by atoms with Gasteiger partial charge in [0.1, 0.15) is 10.8 Å². The highest BCUT2D eigenvalue weighted by molar-refractivity contribution is 7.84. The number of nitrogens with zero attached hydrogens (tertiary/aromatic N) is 2. The van der Waals surface area contributed by atoms with Crippen LogP contribution in [0.2, 0.25) is 5.02 Å². The van der Waals surface area contributed by atoms with Crippen LogP contribution in [-0.4, -0.2) is 20.7 Å². The fourth-order valence-corrected chi connectivity index (χ4v) is 1.90. The van der Waals surface area contributed by atoms with Gasteiger partial charge in [-0.3, -0.25) is 4.21 Å². The molecule has 0 fully saturated rings. The van der Waals surface area contributed by atoms with Gasteiger partial charge in [-0.15, -0.1) is 10.2 Å². The van der Waals surface area contributed by atoms with Crippen LogP contribution in [0, 0.1) is 5.82 Å². The van der Waals surface area contributed by atoms with Crippen molar-refractivity contribution in [2.75, 3.05) is 6.26 Å². The molecular formula is C11H8ClFN2OS. The van der Waals surface area contributed by atoms with Crippen molar-refractivity contribution in [3.05, 3.63) is 41.2 Å². The molecule has 0 aliphatic heterocycles. The highest BCUT2D eigenvalue weighted by Gasteiger charge is 2.08. The van der Waals surface area contributed by atoms with Gasteiger partial charge in [-0.05, 0) is 30.3 Å². The molecule has 0 N–H and O–H groups in total. The van der Waals surface area contributed by atoms with E-state index >= 15 is 0 Å². The van der Waals surface area contributed by atoms with Crippen molar-refractivity contribution in [1.29, 1.82) is 0 Å². The zero-order valence-corrected chi connectivity index (χ0v) is 10.4. The molecule has 0 bridgehead atoms. The standard InChI is InChI=1S/C11H8ClFN2OS/c1-17(16)11-5-4-10(14-15-11)8-6-7(12)2-3-9(8)13/h2-6H,1H3. The molecule has 1 aromatic carbocycles. The van der Waals surface area contributed by atoms with Gasteiger partial charge in [0.2, 0.25) is 0 Å². The van der Waals surface area contributed by atoms with E-state index in [9.17, 15) is 8.60 Å². The molecule has 1 heterocycles. The van der Waals surface area contributed by atoms with Gasteiger partial charge in [0.25, 0.3) is 0 Å². The summed E-state index contributed by atoms with van der Waals surface area (Å²) < 4.78 is 24.7. The Bertz CT molecular complexity index is 574. The maximum Gasteiger partial charge on any atom is 0.149 e. The first-order valence-electron chi connectivity index (χ1n) is 4.70. The Hall–Kier alpha value is -1.33. The number of hydrogen-bond donors (Lipinski definition) is 0. The number of benzene rings is 1. The van der Waals surface area contributed by atoms with E-state index in [2.05, 4.69) is 10.2 Å². The number of halogens is 2. The molecule has 0 saturated heterocycles. The molecule has 1 aromatic heterocycles. The Balaban J connectivity index is 2.46. The van der Waals surface area contributed by atoms with Crippen molar-refractivity contribution >= 4 is 22.4 Å². The summed E-state index contributed by atoms with van der Waals surface area (Å²) >= 11 is 5.78. The Morgan fingerprint density at radius 3 is 2.59 bits per heavy atom. The van der Waals surface area contributed by atoms with Crippen molar-refractivity contribution in [2.24, 2.45) is 0 Å². The van der Waals surface area contributed by atoms with E-state index in [0.717, 1.165) is 0 Å². The SMILES string of the molecule is CS(=O)c1ccc(-c2cc(Cl)ccc2F)nn1. The fourth-order valence-electron chi connectivity index (χ4n) is 1.31. The second-order valence-electron chi connectivity index (χ2n) is 3.34. The van der Waals surface area contributed by atoms with Crippen molar-refractivity contribution in [3.8, 4) is 11.3 Å². The van der Waals surface area contributed by atoms with Crippen LogP contribution in [0.1, 0.15) is 0 Å². The predicted octanol–water partition coefficient (Wildman–Crippen LogP) is 2.67. The largest absolute Gasteiger partial charge is 0.253 e. The summed E-state index contributed by atoms with van der Waals surface area (Å²) in [6, 6.07) is 7.33. The Labute approximate surface area is 105 Å². The van der Waals surface area contributed by atoms with Crippen molar-refractivity contribution in [1.82, 2.24) is 10.2 Å². The summed E-state index contributed by atoms with van der Waals surface area (Å²) in [5.41, 5.74) is 0.637. The molecule has 2 rings (SSSR count). The zero-order chi connectivity index (χ0) is 12.4. The third-order valence-corrected chi connectivity index (χ3v) is 3.18. The van der Waals surface area contributed by atoms with Gasteiger partial charge in [-0.25, -0.2) is 4.39 Å². The van der Waals surface area contributed by atoms with E-state index in [1.807, 2.05) is 0 Å². The first-order chi connectivity index (χ1) is 8.08. The fraction of sp³-hybridized carbons (Fsp3) is 0.0909. The smallest absolute Gasteiger partial charge is 0.149 e. The predicted molar refractivity (Wildman–Crippen MR) is 64.8 cm³/mol. The summed E-state index contributed by atoms with van der Waals surface area (Å²) in [5, 5.41) is 8.38. The van der Waals surface area contributed by atoms with Crippen LogP contribution < -0.4 is 0 Å². The van der Waals surface area contributed by atoms with Gasteiger partial charge in [0.15, 0.2) is 0 Å². The van der Waals surface area contributed by atoms with Crippen LogP contribution in [0.25, 0.3) is 11.3 Å². The lowest BCUT2D eigenvalue weighted by molar-refractivity contribution is 0.630. The molecule has 3 nitrogen and oxygen atoms in total. The van der Waals surface area contributed by atoms with Gasteiger partial charge in [0.05, 0.1) is 16.5 Å². The van der Waals surface area contributed by atoms with Crippen LogP contribution in [0.5, 0.6) is 0 Å². The third kappa shape index (κ3) is 2.68. The average Bonchev–Trinajstić information content (AvgIpc) is 2.32. The first-order valence-corrected chi connectivity index (χ1v) is 6.64. The average molecular weight is 271 g/mol. The summed E-state index contributed by atoms with van der Waals surface area (Å²) in [7, 11) is -1.20. The van der Waals surface area contributed by atoms with Crippen LogP contribution in [0.15, 0.2) is 35.4 Å². The third-order valence-electron chi connectivity index (χ3n) is 2.14. The Morgan fingerprint density at radius 2 is 2.00 bits per heavy atom. The second-order valence-corrected chi connectivity index (χ2v) is 5.10. The number of aromatic nitrogens is 2. The van der Waals surface area contributed by atoms with E-state index in [-0.39, 0.29) is 5.56 Å². The molecular weight excluding hydrogens is 263 g/mol. The van der Waals surface area contributed by atoms with E-state index < -0.39 is 16.6 Å². The monoisotopic (exact) mass is 270 g/mol.